The summed E-state index contributed by atoms with van der Waals surface area (Å²) in [6.45, 7) is 6.19. The maximum atomic E-state index is 13.0. The summed E-state index contributed by atoms with van der Waals surface area (Å²) in [6.07, 6.45) is 5.31. The average molecular weight is 356 g/mol. The summed E-state index contributed by atoms with van der Waals surface area (Å²) in [5.74, 6) is 1.29. The number of amides is 1. The second-order valence-electron chi connectivity index (χ2n) is 7.51. The number of nitrogens with one attached hydrogen (secondary N) is 1. The molecule has 26 heavy (non-hydrogen) atoms. The summed E-state index contributed by atoms with van der Waals surface area (Å²) >= 11 is 0. The normalized spacial score (nSPS) is 23.2. The van der Waals surface area contributed by atoms with Crippen LogP contribution in [-0.4, -0.2) is 29.7 Å². The van der Waals surface area contributed by atoms with Crippen molar-refractivity contribution < 1.29 is 14.3 Å². The molecule has 3 rings (SSSR count). The van der Waals surface area contributed by atoms with Crippen LogP contribution in [0.3, 0.4) is 0 Å². The van der Waals surface area contributed by atoms with Crippen molar-refractivity contribution in [2.75, 3.05) is 12.4 Å². The number of hydrogen-bond donors (Lipinski definition) is 1. The minimum atomic E-state index is -0.742. The Kier molecular flexibility index (Phi) is 5.47. The predicted molar refractivity (Wildman–Crippen MR) is 104 cm³/mol. The molecule has 140 valence electrons. The van der Waals surface area contributed by atoms with Crippen LogP contribution in [0.2, 0.25) is 0 Å². The molecule has 1 aromatic heterocycles. The number of rotatable bonds is 5. The van der Waals surface area contributed by atoms with E-state index in [0.29, 0.717) is 5.92 Å². The van der Waals surface area contributed by atoms with Crippen LogP contribution in [0.4, 0.5) is 5.69 Å². The SMILES string of the molecule is COC1(C(=O)Nc2ccc(OC(C)C)c3ncccc23)CCC(C)CC1. The van der Waals surface area contributed by atoms with Crippen molar-refractivity contribution in [3.05, 3.63) is 30.5 Å². The van der Waals surface area contributed by atoms with Crippen LogP contribution in [0.15, 0.2) is 30.5 Å². The third-order valence-electron chi connectivity index (χ3n) is 5.23. The molecule has 0 saturated heterocycles. The van der Waals surface area contributed by atoms with E-state index in [9.17, 15) is 4.79 Å². The number of ether oxygens (including phenoxy) is 2. The zero-order valence-corrected chi connectivity index (χ0v) is 16.0. The van der Waals surface area contributed by atoms with Crippen molar-refractivity contribution >= 4 is 22.5 Å². The Morgan fingerprint density at radius 2 is 2.00 bits per heavy atom. The Morgan fingerprint density at radius 3 is 2.65 bits per heavy atom. The van der Waals surface area contributed by atoms with Crippen LogP contribution in [-0.2, 0) is 9.53 Å². The van der Waals surface area contributed by atoms with E-state index in [2.05, 4.69) is 17.2 Å². The smallest absolute Gasteiger partial charge is 0.256 e. The van der Waals surface area contributed by atoms with E-state index in [4.69, 9.17) is 9.47 Å². The van der Waals surface area contributed by atoms with Gasteiger partial charge >= 0.3 is 0 Å². The van der Waals surface area contributed by atoms with Crippen molar-refractivity contribution in [1.82, 2.24) is 4.98 Å². The van der Waals surface area contributed by atoms with E-state index in [1.165, 1.54) is 0 Å². The standard InChI is InChI=1S/C21H28N2O3/c1-14(2)26-18-8-7-17(16-6-5-13-22-19(16)18)23-20(24)21(25-4)11-9-15(3)10-12-21/h5-8,13-15H,9-12H2,1-4H3,(H,23,24). The van der Waals surface area contributed by atoms with Gasteiger partial charge in [0.15, 0.2) is 0 Å². The van der Waals surface area contributed by atoms with Gasteiger partial charge in [-0.15, -0.1) is 0 Å². The first-order valence-corrected chi connectivity index (χ1v) is 9.36. The second-order valence-corrected chi connectivity index (χ2v) is 7.51. The van der Waals surface area contributed by atoms with Gasteiger partial charge in [0.05, 0.1) is 11.8 Å². The molecule has 5 heteroatoms. The van der Waals surface area contributed by atoms with Gasteiger partial charge in [-0.3, -0.25) is 9.78 Å². The van der Waals surface area contributed by atoms with Gasteiger partial charge in [-0.05, 0) is 69.7 Å². The number of fused-ring (bicyclic) bond motifs is 1. The molecule has 0 atom stereocenters. The molecule has 1 amide bonds. The molecule has 2 aromatic rings. The Labute approximate surface area is 155 Å². The van der Waals surface area contributed by atoms with Crippen LogP contribution in [0, 0.1) is 5.92 Å². The van der Waals surface area contributed by atoms with Gasteiger partial charge in [-0.25, -0.2) is 0 Å². The third kappa shape index (κ3) is 3.68. The van der Waals surface area contributed by atoms with Gasteiger partial charge in [0.25, 0.3) is 5.91 Å². The fourth-order valence-electron chi connectivity index (χ4n) is 3.59. The Hall–Kier alpha value is -2.14. The first-order valence-electron chi connectivity index (χ1n) is 9.36. The molecule has 0 aliphatic heterocycles. The number of aromatic nitrogens is 1. The molecule has 1 saturated carbocycles. The summed E-state index contributed by atoms with van der Waals surface area (Å²) in [6, 6.07) is 7.57. The molecule has 0 spiro atoms. The highest BCUT2D eigenvalue weighted by atomic mass is 16.5. The number of carbonyl (C=O) groups excluding carboxylic acids is 1. The van der Waals surface area contributed by atoms with Crippen molar-refractivity contribution in [1.29, 1.82) is 0 Å². The number of pyridine rings is 1. The summed E-state index contributed by atoms with van der Waals surface area (Å²) in [4.78, 5) is 17.5. The summed E-state index contributed by atoms with van der Waals surface area (Å²) in [5, 5.41) is 3.95. The first-order chi connectivity index (χ1) is 12.4. The zero-order chi connectivity index (χ0) is 18.7. The Morgan fingerprint density at radius 1 is 1.27 bits per heavy atom. The van der Waals surface area contributed by atoms with Gasteiger partial charge < -0.3 is 14.8 Å². The highest BCUT2D eigenvalue weighted by molar-refractivity contribution is 6.05. The molecular weight excluding hydrogens is 328 g/mol. The lowest BCUT2D eigenvalue weighted by Gasteiger charge is -2.36. The Bertz CT molecular complexity index is 780. The molecule has 0 radical (unpaired) electrons. The minimum absolute atomic E-state index is 0.0571. The van der Waals surface area contributed by atoms with Crippen LogP contribution in [0.25, 0.3) is 10.9 Å². The fourth-order valence-corrected chi connectivity index (χ4v) is 3.59. The number of benzene rings is 1. The number of hydrogen-bond acceptors (Lipinski definition) is 4. The maximum Gasteiger partial charge on any atom is 0.256 e. The van der Waals surface area contributed by atoms with E-state index in [1.54, 1.807) is 13.3 Å². The van der Waals surface area contributed by atoms with Gasteiger partial charge in [0.2, 0.25) is 0 Å². The average Bonchev–Trinajstić information content (AvgIpc) is 2.64. The fraction of sp³-hybridized carbons (Fsp3) is 0.524. The molecule has 1 N–H and O–H groups in total. The maximum absolute atomic E-state index is 13.0. The van der Waals surface area contributed by atoms with Crippen molar-refractivity contribution in [2.45, 2.75) is 58.2 Å². The van der Waals surface area contributed by atoms with E-state index in [1.807, 2.05) is 38.1 Å². The van der Waals surface area contributed by atoms with E-state index in [0.717, 1.165) is 48.0 Å². The van der Waals surface area contributed by atoms with Crippen LogP contribution in [0.1, 0.15) is 46.5 Å². The van der Waals surface area contributed by atoms with Gasteiger partial charge in [-0.1, -0.05) is 6.92 Å². The quantitative estimate of drug-likeness (QED) is 0.853. The van der Waals surface area contributed by atoms with E-state index < -0.39 is 5.60 Å². The molecule has 5 nitrogen and oxygen atoms in total. The van der Waals surface area contributed by atoms with Crippen molar-refractivity contribution in [3.8, 4) is 5.75 Å². The molecular formula is C21H28N2O3. The molecule has 0 bridgehead atoms. The zero-order valence-electron chi connectivity index (χ0n) is 16.0. The molecule has 1 heterocycles. The van der Waals surface area contributed by atoms with E-state index >= 15 is 0 Å². The second kappa shape index (κ2) is 7.62. The largest absolute Gasteiger partial charge is 0.489 e. The molecule has 0 unspecified atom stereocenters. The minimum Gasteiger partial charge on any atom is -0.489 e. The highest BCUT2D eigenvalue weighted by Gasteiger charge is 2.41. The number of nitrogens with zero attached hydrogens (tertiary/aromatic N) is 1. The van der Waals surface area contributed by atoms with Gasteiger partial charge in [-0.2, -0.15) is 0 Å². The highest BCUT2D eigenvalue weighted by Crippen LogP contribution is 2.37. The number of anilines is 1. The molecule has 1 aliphatic rings. The van der Waals surface area contributed by atoms with Crippen LogP contribution >= 0.6 is 0 Å². The molecule has 1 fully saturated rings. The topological polar surface area (TPSA) is 60.5 Å². The van der Waals surface area contributed by atoms with Gasteiger partial charge in [0.1, 0.15) is 16.9 Å². The summed E-state index contributed by atoms with van der Waals surface area (Å²) < 4.78 is 11.6. The van der Waals surface area contributed by atoms with Crippen LogP contribution in [0.5, 0.6) is 5.75 Å². The van der Waals surface area contributed by atoms with Crippen molar-refractivity contribution in [2.24, 2.45) is 5.92 Å². The molecule has 1 aromatic carbocycles. The number of carbonyl (C=O) groups is 1. The predicted octanol–water partition coefficient (Wildman–Crippen LogP) is 4.56. The van der Waals surface area contributed by atoms with E-state index in [-0.39, 0.29) is 12.0 Å². The first kappa shape index (κ1) is 18.6. The lowest BCUT2D eigenvalue weighted by molar-refractivity contribution is -0.142. The molecule has 1 aliphatic carbocycles. The Balaban J connectivity index is 1.90. The summed E-state index contributed by atoms with van der Waals surface area (Å²) in [5.41, 5.74) is 0.751. The summed E-state index contributed by atoms with van der Waals surface area (Å²) in [7, 11) is 1.63. The third-order valence-corrected chi connectivity index (χ3v) is 5.23. The van der Waals surface area contributed by atoms with Gasteiger partial charge in [0, 0.05) is 18.7 Å². The lowest BCUT2D eigenvalue weighted by atomic mass is 9.79. The number of methoxy groups -OCH3 is 1. The monoisotopic (exact) mass is 356 g/mol. The van der Waals surface area contributed by atoms with Crippen LogP contribution < -0.4 is 10.1 Å². The lowest BCUT2D eigenvalue weighted by Crippen LogP contribution is -2.47. The van der Waals surface area contributed by atoms with Crippen molar-refractivity contribution in [3.63, 3.8) is 0 Å².